The number of esters is 4. The van der Waals surface area contributed by atoms with Gasteiger partial charge in [0.2, 0.25) is 0 Å². The Morgan fingerprint density at radius 2 is 0.580 bits per heavy atom. The maximum Gasteiger partial charge on any atom is 0.472 e. The Kier molecular flexibility index (Phi) is 58.7. The van der Waals surface area contributed by atoms with Crippen LogP contribution in [0.4, 0.5) is 0 Å². The van der Waals surface area contributed by atoms with Gasteiger partial charge in [-0.05, 0) is 43.4 Å². The van der Waals surface area contributed by atoms with Crippen LogP contribution in [0.25, 0.3) is 0 Å². The number of unbranched alkanes of at least 4 members (excludes halogenated alkanes) is 34. The molecule has 522 valence electrons. The normalized spacial score (nSPS) is 14.5. The van der Waals surface area contributed by atoms with Crippen molar-refractivity contribution in [2.45, 2.75) is 362 Å². The summed E-state index contributed by atoms with van der Waals surface area (Å²) in [5, 5.41) is 10.6. The summed E-state index contributed by atoms with van der Waals surface area (Å²) < 4.78 is 68.2. The van der Waals surface area contributed by atoms with E-state index in [1.807, 2.05) is 0 Å². The van der Waals surface area contributed by atoms with Crippen LogP contribution in [0.3, 0.4) is 0 Å². The lowest BCUT2D eigenvalue weighted by atomic mass is 9.99. The number of carbonyl (C=O) groups excluding carboxylic acids is 4. The van der Waals surface area contributed by atoms with Crippen LogP contribution in [0.5, 0.6) is 0 Å². The molecule has 0 spiro atoms. The molecule has 0 aromatic rings. The third-order valence-corrected chi connectivity index (χ3v) is 18.1. The smallest absolute Gasteiger partial charge is 0.462 e. The number of phosphoric acid groups is 2. The third kappa shape index (κ3) is 61.6. The van der Waals surface area contributed by atoms with Crippen LogP contribution in [0.15, 0.2) is 0 Å². The van der Waals surface area contributed by atoms with Crippen LogP contribution in [-0.4, -0.2) is 96.7 Å². The zero-order valence-corrected chi connectivity index (χ0v) is 59.0. The molecule has 0 bridgehead atoms. The maximum atomic E-state index is 13.0. The number of aliphatic hydroxyl groups is 1. The fraction of sp³-hybridized carbons (Fsp3) is 0.942. The van der Waals surface area contributed by atoms with E-state index >= 15 is 0 Å². The number of phosphoric ester groups is 2. The van der Waals surface area contributed by atoms with Gasteiger partial charge in [0, 0.05) is 25.7 Å². The zero-order valence-electron chi connectivity index (χ0n) is 57.2. The van der Waals surface area contributed by atoms with Gasteiger partial charge in [-0.1, -0.05) is 292 Å². The highest BCUT2D eigenvalue weighted by atomic mass is 31.2. The number of hydrogen-bond acceptors (Lipinski definition) is 15. The molecule has 0 fully saturated rings. The number of aliphatic hydroxyl groups excluding tert-OH is 1. The Labute approximate surface area is 537 Å². The van der Waals surface area contributed by atoms with Crippen molar-refractivity contribution in [3.63, 3.8) is 0 Å². The fourth-order valence-electron chi connectivity index (χ4n) is 10.3. The Morgan fingerprint density at radius 3 is 0.864 bits per heavy atom. The van der Waals surface area contributed by atoms with E-state index in [1.54, 1.807) is 0 Å². The number of rotatable bonds is 67. The van der Waals surface area contributed by atoms with E-state index in [-0.39, 0.29) is 25.7 Å². The first-order valence-electron chi connectivity index (χ1n) is 35.9. The maximum absolute atomic E-state index is 13.0. The Morgan fingerprint density at radius 1 is 0.330 bits per heavy atom. The van der Waals surface area contributed by atoms with Crippen molar-refractivity contribution in [2.75, 3.05) is 39.6 Å². The molecular weight excluding hydrogens is 1160 g/mol. The first-order valence-corrected chi connectivity index (χ1v) is 38.9. The molecule has 6 atom stereocenters. The van der Waals surface area contributed by atoms with Crippen LogP contribution in [0, 0.1) is 17.8 Å². The van der Waals surface area contributed by atoms with Crippen LogP contribution < -0.4 is 0 Å². The average molecular weight is 1300 g/mol. The summed E-state index contributed by atoms with van der Waals surface area (Å²) in [5.41, 5.74) is 0. The van der Waals surface area contributed by atoms with Crippen LogP contribution in [-0.2, 0) is 65.4 Å². The van der Waals surface area contributed by atoms with Gasteiger partial charge in [0.25, 0.3) is 0 Å². The highest BCUT2D eigenvalue weighted by Gasteiger charge is 2.30. The average Bonchev–Trinajstić information content (AvgIpc) is 3.70. The number of hydrogen-bond donors (Lipinski definition) is 3. The summed E-state index contributed by atoms with van der Waals surface area (Å²) in [7, 11) is -9.90. The lowest BCUT2D eigenvalue weighted by molar-refractivity contribution is -0.161. The molecule has 0 aliphatic carbocycles. The van der Waals surface area contributed by atoms with Crippen molar-refractivity contribution in [1.82, 2.24) is 0 Å². The van der Waals surface area contributed by atoms with E-state index in [4.69, 9.17) is 37.0 Å². The van der Waals surface area contributed by atoms with E-state index in [2.05, 4.69) is 48.5 Å². The molecule has 19 heteroatoms. The van der Waals surface area contributed by atoms with Gasteiger partial charge in [0.15, 0.2) is 12.2 Å². The van der Waals surface area contributed by atoms with Crippen LogP contribution in [0.2, 0.25) is 0 Å². The molecule has 0 aromatic carbocycles. The second-order valence-electron chi connectivity index (χ2n) is 26.1. The monoisotopic (exact) mass is 1300 g/mol. The van der Waals surface area contributed by atoms with E-state index in [9.17, 15) is 43.2 Å². The Hall–Kier alpha value is -1.94. The van der Waals surface area contributed by atoms with Gasteiger partial charge in [0.1, 0.15) is 19.3 Å². The Bertz CT molecular complexity index is 1730. The van der Waals surface area contributed by atoms with Gasteiger partial charge in [-0.25, -0.2) is 9.13 Å². The van der Waals surface area contributed by atoms with Crippen molar-refractivity contribution in [3.05, 3.63) is 0 Å². The van der Waals surface area contributed by atoms with E-state index in [0.717, 1.165) is 108 Å². The second-order valence-corrected chi connectivity index (χ2v) is 29.0. The van der Waals surface area contributed by atoms with Gasteiger partial charge >= 0.3 is 39.5 Å². The summed E-state index contributed by atoms with van der Waals surface area (Å²) in [5.74, 6) is 0.0844. The third-order valence-electron chi connectivity index (χ3n) is 16.2. The minimum atomic E-state index is -4.95. The SMILES string of the molecule is CCCCCCCCCCCCCCCC(=O)OC[C@H](COP(=O)(O)OC[C@@H](O)COP(=O)(O)OC[C@@H](COC(=O)CCCCCCCCC(C)C)OC(=O)CCCCCCCCCCC(C)CC)OC(=O)CCCCCCCCCCCCCC(C)C. The van der Waals surface area contributed by atoms with Crippen molar-refractivity contribution < 1.29 is 80.2 Å². The summed E-state index contributed by atoms with van der Waals surface area (Å²) in [6.45, 7) is 11.8. The predicted molar refractivity (Wildman–Crippen MR) is 354 cm³/mol. The van der Waals surface area contributed by atoms with Crippen molar-refractivity contribution >= 4 is 39.5 Å². The molecule has 0 rings (SSSR count). The fourth-order valence-corrected chi connectivity index (χ4v) is 11.9. The largest absolute Gasteiger partial charge is 0.472 e. The van der Waals surface area contributed by atoms with Crippen molar-refractivity contribution in [2.24, 2.45) is 17.8 Å². The van der Waals surface area contributed by atoms with Crippen molar-refractivity contribution in [1.29, 1.82) is 0 Å². The summed E-state index contributed by atoms with van der Waals surface area (Å²) in [6.07, 6.45) is 43.1. The minimum absolute atomic E-state index is 0.104. The predicted octanol–water partition coefficient (Wildman–Crippen LogP) is 19.5. The molecule has 3 unspecified atom stereocenters. The molecule has 0 amide bonds. The van der Waals surface area contributed by atoms with E-state index < -0.39 is 97.5 Å². The molecule has 0 aromatic heterocycles. The lowest BCUT2D eigenvalue weighted by Crippen LogP contribution is -2.30. The standard InChI is InChI=1S/C69H134O17P2/c1-8-10-11-12-13-14-15-16-19-22-28-36-43-50-66(71)79-56-64(85-68(73)52-45-38-29-23-20-17-18-21-26-33-40-47-60(3)4)58-83-87(75,76)81-54-63(70)55-82-88(77,78)84-59-65(57-80-67(72)51-44-37-32-31-34-41-48-61(5)6)86-69(74)53-46-39-30-25-24-27-35-42-49-62(7)9-2/h60-65,70H,8-59H2,1-7H3,(H,75,76)(H,77,78)/t62?,63-,64-,65-/m1/s1. The Balaban J connectivity index is 5.26. The minimum Gasteiger partial charge on any atom is -0.462 e. The summed E-state index contributed by atoms with van der Waals surface area (Å²) in [6, 6.07) is 0. The molecule has 88 heavy (non-hydrogen) atoms. The van der Waals surface area contributed by atoms with E-state index in [0.29, 0.717) is 31.6 Å². The zero-order chi connectivity index (χ0) is 65.2. The van der Waals surface area contributed by atoms with Crippen molar-refractivity contribution in [3.8, 4) is 0 Å². The molecular formula is C69H134O17P2. The molecule has 0 saturated heterocycles. The first kappa shape index (κ1) is 86.1. The highest BCUT2D eigenvalue weighted by molar-refractivity contribution is 7.47. The molecule has 0 aliphatic rings. The molecule has 0 aliphatic heterocycles. The lowest BCUT2D eigenvalue weighted by Gasteiger charge is -2.21. The number of carbonyl (C=O) groups is 4. The summed E-state index contributed by atoms with van der Waals surface area (Å²) in [4.78, 5) is 72.5. The topological polar surface area (TPSA) is 237 Å². The summed E-state index contributed by atoms with van der Waals surface area (Å²) >= 11 is 0. The quantitative estimate of drug-likeness (QED) is 0.0222. The molecule has 0 saturated carbocycles. The van der Waals surface area contributed by atoms with Gasteiger partial charge in [-0.3, -0.25) is 37.3 Å². The molecule has 0 heterocycles. The van der Waals surface area contributed by atoms with Crippen LogP contribution in [0.1, 0.15) is 344 Å². The molecule has 3 N–H and O–H groups in total. The second kappa shape index (κ2) is 60.0. The first-order chi connectivity index (χ1) is 42.3. The molecule has 17 nitrogen and oxygen atoms in total. The highest BCUT2D eigenvalue weighted by Crippen LogP contribution is 2.45. The number of ether oxygens (including phenoxy) is 4. The van der Waals surface area contributed by atoms with Gasteiger partial charge in [-0.2, -0.15) is 0 Å². The van der Waals surface area contributed by atoms with E-state index in [1.165, 1.54) is 148 Å². The van der Waals surface area contributed by atoms with Gasteiger partial charge < -0.3 is 33.8 Å². The van der Waals surface area contributed by atoms with Crippen LogP contribution >= 0.6 is 15.6 Å². The van der Waals surface area contributed by atoms with Gasteiger partial charge in [-0.15, -0.1) is 0 Å². The van der Waals surface area contributed by atoms with Gasteiger partial charge in [0.05, 0.1) is 26.4 Å². The molecule has 0 radical (unpaired) electrons.